The van der Waals surface area contributed by atoms with E-state index in [1.54, 1.807) is 13.0 Å². The van der Waals surface area contributed by atoms with E-state index in [2.05, 4.69) is 10.2 Å². The van der Waals surface area contributed by atoms with Crippen molar-refractivity contribution in [2.24, 2.45) is 0 Å². The highest BCUT2D eigenvalue weighted by Crippen LogP contribution is 2.25. The van der Waals surface area contributed by atoms with E-state index in [0.717, 1.165) is 28.4 Å². The lowest BCUT2D eigenvalue weighted by Gasteiger charge is -1.98. The second-order valence-electron chi connectivity index (χ2n) is 3.76. The Morgan fingerprint density at radius 3 is 2.88 bits per heavy atom. The van der Waals surface area contributed by atoms with E-state index < -0.39 is 0 Å². The quantitative estimate of drug-likeness (QED) is 0.789. The first-order valence-electron chi connectivity index (χ1n) is 5.35. The fourth-order valence-electron chi connectivity index (χ4n) is 1.42. The van der Waals surface area contributed by atoms with Gasteiger partial charge in [-0.3, -0.25) is 0 Å². The molecular formula is C12H12ClFN2S. The van der Waals surface area contributed by atoms with Crippen LogP contribution in [0.2, 0.25) is 0 Å². The summed E-state index contributed by atoms with van der Waals surface area (Å²) < 4.78 is 13.4. The number of nitrogens with zero attached hydrogens (tertiary/aromatic N) is 2. The SMILES string of the molecule is Cc1ccc(-c2nnc(CCCCl)s2)cc1F. The van der Waals surface area contributed by atoms with E-state index in [9.17, 15) is 4.39 Å². The van der Waals surface area contributed by atoms with Gasteiger partial charge in [-0.2, -0.15) is 0 Å². The Hall–Kier alpha value is -1.00. The highest BCUT2D eigenvalue weighted by molar-refractivity contribution is 7.14. The Balaban J connectivity index is 2.21. The van der Waals surface area contributed by atoms with Gasteiger partial charge in [0.2, 0.25) is 0 Å². The lowest BCUT2D eigenvalue weighted by molar-refractivity contribution is 0.619. The van der Waals surface area contributed by atoms with Gasteiger partial charge in [-0.15, -0.1) is 21.8 Å². The predicted molar refractivity (Wildman–Crippen MR) is 69.1 cm³/mol. The van der Waals surface area contributed by atoms with Crippen molar-refractivity contribution >= 4 is 22.9 Å². The standard InChI is InChI=1S/C12H12ClFN2S/c1-8-4-5-9(7-10(8)14)12-16-15-11(17-12)3-2-6-13/h4-5,7H,2-3,6H2,1H3. The molecule has 0 aliphatic carbocycles. The monoisotopic (exact) mass is 270 g/mol. The number of benzene rings is 1. The first kappa shape index (κ1) is 12.5. The third-order valence-electron chi connectivity index (χ3n) is 2.41. The maximum atomic E-state index is 13.4. The van der Waals surface area contributed by atoms with Crippen molar-refractivity contribution in [3.8, 4) is 10.6 Å². The molecule has 0 aliphatic rings. The number of hydrogen-bond acceptors (Lipinski definition) is 3. The molecule has 2 rings (SSSR count). The second-order valence-corrected chi connectivity index (χ2v) is 5.20. The van der Waals surface area contributed by atoms with Crippen LogP contribution in [0, 0.1) is 12.7 Å². The van der Waals surface area contributed by atoms with Gasteiger partial charge in [-0.1, -0.05) is 23.5 Å². The van der Waals surface area contributed by atoms with Crippen LogP contribution in [0.1, 0.15) is 17.0 Å². The van der Waals surface area contributed by atoms with Gasteiger partial charge in [0.25, 0.3) is 0 Å². The predicted octanol–water partition coefficient (Wildman–Crippen LogP) is 3.82. The summed E-state index contributed by atoms with van der Waals surface area (Å²) in [7, 11) is 0. The van der Waals surface area contributed by atoms with Crippen LogP contribution in [0.4, 0.5) is 4.39 Å². The van der Waals surface area contributed by atoms with Gasteiger partial charge in [-0.05, 0) is 25.0 Å². The van der Waals surface area contributed by atoms with Gasteiger partial charge in [0, 0.05) is 17.9 Å². The van der Waals surface area contributed by atoms with Gasteiger partial charge < -0.3 is 0 Å². The minimum atomic E-state index is -0.208. The molecule has 90 valence electrons. The Morgan fingerprint density at radius 2 is 2.18 bits per heavy atom. The van der Waals surface area contributed by atoms with Gasteiger partial charge in [0.05, 0.1) is 0 Å². The molecule has 0 saturated heterocycles. The number of aryl methyl sites for hydroxylation is 2. The van der Waals surface area contributed by atoms with Crippen LogP contribution in [-0.2, 0) is 6.42 Å². The average Bonchev–Trinajstić information content (AvgIpc) is 2.79. The lowest BCUT2D eigenvalue weighted by Crippen LogP contribution is -1.84. The van der Waals surface area contributed by atoms with E-state index in [1.807, 2.05) is 6.07 Å². The molecule has 2 nitrogen and oxygen atoms in total. The van der Waals surface area contributed by atoms with Crippen LogP contribution in [0.5, 0.6) is 0 Å². The van der Waals surface area contributed by atoms with Crippen molar-refractivity contribution in [1.82, 2.24) is 10.2 Å². The van der Waals surface area contributed by atoms with Crippen molar-refractivity contribution in [3.63, 3.8) is 0 Å². The zero-order valence-corrected chi connectivity index (χ0v) is 11.0. The normalized spacial score (nSPS) is 10.8. The number of aromatic nitrogens is 2. The van der Waals surface area contributed by atoms with E-state index in [-0.39, 0.29) is 5.82 Å². The number of hydrogen-bond donors (Lipinski definition) is 0. The molecule has 0 N–H and O–H groups in total. The molecule has 0 bridgehead atoms. The molecule has 1 aromatic carbocycles. The fourth-order valence-corrected chi connectivity index (χ4v) is 2.43. The summed E-state index contributed by atoms with van der Waals surface area (Å²) in [6, 6.07) is 5.12. The molecule has 5 heteroatoms. The summed E-state index contributed by atoms with van der Waals surface area (Å²) in [5, 5.41) is 9.84. The summed E-state index contributed by atoms with van der Waals surface area (Å²) in [4.78, 5) is 0. The Bertz CT molecular complexity index is 513. The topological polar surface area (TPSA) is 25.8 Å². The smallest absolute Gasteiger partial charge is 0.147 e. The van der Waals surface area contributed by atoms with Gasteiger partial charge in [-0.25, -0.2) is 4.39 Å². The lowest BCUT2D eigenvalue weighted by atomic mass is 10.1. The van der Waals surface area contributed by atoms with E-state index in [0.29, 0.717) is 11.4 Å². The van der Waals surface area contributed by atoms with Gasteiger partial charge in [0.1, 0.15) is 15.8 Å². The van der Waals surface area contributed by atoms with Crippen LogP contribution in [0.3, 0.4) is 0 Å². The molecule has 17 heavy (non-hydrogen) atoms. The highest BCUT2D eigenvalue weighted by Gasteiger charge is 2.08. The van der Waals surface area contributed by atoms with Crippen molar-refractivity contribution in [1.29, 1.82) is 0 Å². The number of rotatable bonds is 4. The van der Waals surface area contributed by atoms with Crippen LogP contribution in [0.15, 0.2) is 18.2 Å². The van der Waals surface area contributed by atoms with E-state index >= 15 is 0 Å². The molecule has 0 unspecified atom stereocenters. The molecule has 0 atom stereocenters. The van der Waals surface area contributed by atoms with Crippen molar-refractivity contribution in [2.75, 3.05) is 5.88 Å². The van der Waals surface area contributed by atoms with Crippen molar-refractivity contribution in [3.05, 3.63) is 34.6 Å². The molecule has 0 saturated carbocycles. The Labute approximate surface area is 108 Å². The van der Waals surface area contributed by atoms with Crippen molar-refractivity contribution in [2.45, 2.75) is 19.8 Å². The summed E-state index contributed by atoms with van der Waals surface area (Å²) in [6.45, 7) is 1.74. The molecule has 0 spiro atoms. The second kappa shape index (κ2) is 5.56. The highest BCUT2D eigenvalue weighted by atomic mass is 35.5. The maximum absolute atomic E-state index is 13.4. The zero-order valence-electron chi connectivity index (χ0n) is 9.41. The molecule has 1 aromatic heterocycles. The zero-order chi connectivity index (χ0) is 12.3. The van der Waals surface area contributed by atoms with Crippen LogP contribution in [0.25, 0.3) is 10.6 Å². The Morgan fingerprint density at radius 1 is 1.35 bits per heavy atom. The first-order valence-corrected chi connectivity index (χ1v) is 6.70. The Kier molecular flexibility index (Phi) is 4.07. The minimum absolute atomic E-state index is 0.208. The summed E-state index contributed by atoms with van der Waals surface area (Å²) in [5.74, 6) is 0.411. The largest absolute Gasteiger partial charge is 0.207 e. The number of alkyl halides is 1. The van der Waals surface area contributed by atoms with Gasteiger partial charge in [0.15, 0.2) is 0 Å². The van der Waals surface area contributed by atoms with Gasteiger partial charge >= 0.3 is 0 Å². The molecule has 0 fully saturated rings. The molecule has 0 radical (unpaired) electrons. The summed E-state index contributed by atoms with van der Waals surface area (Å²) >= 11 is 7.11. The summed E-state index contributed by atoms with van der Waals surface area (Å²) in [5.41, 5.74) is 1.42. The fraction of sp³-hybridized carbons (Fsp3) is 0.333. The molecule has 2 aromatic rings. The first-order chi connectivity index (χ1) is 8.20. The minimum Gasteiger partial charge on any atom is -0.207 e. The molecule has 1 heterocycles. The third kappa shape index (κ3) is 3.01. The van der Waals surface area contributed by atoms with Crippen LogP contribution < -0.4 is 0 Å². The maximum Gasteiger partial charge on any atom is 0.147 e. The average molecular weight is 271 g/mol. The van der Waals surface area contributed by atoms with E-state index in [1.165, 1.54) is 17.4 Å². The third-order valence-corrected chi connectivity index (χ3v) is 3.71. The number of halogens is 2. The molecule has 0 aliphatic heterocycles. The van der Waals surface area contributed by atoms with Crippen molar-refractivity contribution < 1.29 is 4.39 Å². The molecular weight excluding hydrogens is 259 g/mol. The van der Waals surface area contributed by atoms with E-state index in [4.69, 9.17) is 11.6 Å². The van der Waals surface area contributed by atoms with Crippen LogP contribution in [-0.4, -0.2) is 16.1 Å². The summed E-state index contributed by atoms with van der Waals surface area (Å²) in [6.07, 6.45) is 1.72. The molecule has 0 amide bonds. The van der Waals surface area contributed by atoms with Crippen LogP contribution >= 0.6 is 22.9 Å².